The van der Waals surface area contributed by atoms with Crippen LogP contribution in [0.2, 0.25) is 10.6 Å². The van der Waals surface area contributed by atoms with Crippen LogP contribution in [-0.4, -0.2) is 15.2 Å². The average Bonchev–Trinajstić information content (AvgIpc) is 2.43. The minimum atomic E-state index is 0. The monoisotopic (exact) mass is 282 g/mol. The van der Waals surface area contributed by atoms with Crippen molar-refractivity contribution in [3.63, 3.8) is 0 Å². The summed E-state index contributed by atoms with van der Waals surface area (Å²) in [6.45, 7) is 4.63. The van der Waals surface area contributed by atoms with Crippen LogP contribution < -0.4 is 0 Å². The van der Waals surface area contributed by atoms with Gasteiger partial charge in [-0.05, 0) is 0 Å². The first-order valence-electron chi connectivity index (χ1n) is 9.23. The van der Waals surface area contributed by atoms with Gasteiger partial charge < -0.3 is 1.43 Å². The van der Waals surface area contributed by atoms with Crippen molar-refractivity contribution in [2.75, 3.05) is 0 Å². The van der Waals surface area contributed by atoms with E-state index in [9.17, 15) is 0 Å². The molecule has 0 unspecified atom stereocenters. The maximum absolute atomic E-state index is 2.33. The van der Waals surface area contributed by atoms with E-state index in [1.807, 2.05) is 0 Å². The van der Waals surface area contributed by atoms with Gasteiger partial charge in [-0.1, -0.05) is 26.2 Å². The third kappa shape index (κ3) is 18.5. The van der Waals surface area contributed by atoms with E-state index in [4.69, 9.17) is 0 Å². The normalized spacial score (nSPS) is 10.6. The molecule has 114 valence electrons. The van der Waals surface area contributed by atoms with Gasteiger partial charge in [-0.25, -0.2) is 0 Å². The van der Waals surface area contributed by atoms with Crippen LogP contribution in [-0.2, 0) is 0 Å². The summed E-state index contributed by atoms with van der Waals surface area (Å²) in [5.74, 6) is 0. The Morgan fingerprint density at radius 3 is 1.26 bits per heavy atom. The summed E-state index contributed by atoms with van der Waals surface area (Å²) >= 11 is 0.793. The van der Waals surface area contributed by atoms with Crippen molar-refractivity contribution in [3.05, 3.63) is 0 Å². The van der Waals surface area contributed by atoms with Crippen LogP contribution >= 0.6 is 0 Å². The molecule has 0 fully saturated rings. The molecule has 0 aliphatic carbocycles. The molecule has 0 radical (unpaired) electrons. The van der Waals surface area contributed by atoms with Gasteiger partial charge in [0.05, 0.1) is 0 Å². The maximum atomic E-state index is 2.33. The molecular formula is C18H39Al. The predicted molar refractivity (Wildman–Crippen MR) is 92.5 cm³/mol. The molecule has 19 heavy (non-hydrogen) atoms. The standard InChI is InChI=1S/C16H33.C2H5.Al.H/c1-3-5-7-9-11-13-15-16-14-12-10-8-6-4-2;1-2;;/h1,3-16H2,2H3;1H2,2H3;;/q;;+1;-1. The molecular weight excluding hydrogens is 243 g/mol. The molecule has 0 saturated heterocycles. The minimum absolute atomic E-state index is 0. The second-order valence-electron chi connectivity index (χ2n) is 6.08. The average molecular weight is 282 g/mol. The van der Waals surface area contributed by atoms with E-state index < -0.39 is 0 Å². The summed E-state index contributed by atoms with van der Waals surface area (Å²) in [7, 11) is 0. The molecule has 0 aromatic carbocycles. The quantitative estimate of drug-likeness (QED) is 0.208. The van der Waals surface area contributed by atoms with Gasteiger partial charge >= 0.3 is 103 Å². The molecule has 0 nitrogen and oxygen atoms in total. The summed E-state index contributed by atoms with van der Waals surface area (Å²) in [6, 6.07) is 0. The Labute approximate surface area is 131 Å². The van der Waals surface area contributed by atoms with Crippen molar-refractivity contribution < 1.29 is 1.43 Å². The van der Waals surface area contributed by atoms with Crippen molar-refractivity contribution >= 4 is 15.2 Å². The SMILES string of the molecule is CCCCCCCCCCCCCCC[CH2][Al+][CH2]C.[H-]. The van der Waals surface area contributed by atoms with Crippen LogP contribution in [0.15, 0.2) is 0 Å². The Morgan fingerprint density at radius 1 is 0.526 bits per heavy atom. The smallest absolute Gasteiger partial charge is 1.00 e. The summed E-state index contributed by atoms with van der Waals surface area (Å²) in [5.41, 5.74) is 0. The van der Waals surface area contributed by atoms with Crippen LogP contribution in [0.3, 0.4) is 0 Å². The van der Waals surface area contributed by atoms with Crippen molar-refractivity contribution in [3.8, 4) is 0 Å². The molecule has 0 amide bonds. The Balaban J connectivity index is 0. The fraction of sp³-hybridized carbons (Fsp3) is 1.00. The second kappa shape index (κ2) is 18.5. The minimum Gasteiger partial charge on any atom is -1.00 e. The van der Waals surface area contributed by atoms with Gasteiger partial charge in [0.2, 0.25) is 0 Å². The summed E-state index contributed by atoms with van der Waals surface area (Å²) < 4.78 is 0. The number of hydrogen-bond acceptors (Lipinski definition) is 0. The van der Waals surface area contributed by atoms with Gasteiger partial charge in [-0.3, -0.25) is 0 Å². The van der Waals surface area contributed by atoms with Crippen molar-refractivity contribution in [2.24, 2.45) is 0 Å². The Morgan fingerprint density at radius 2 is 0.895 bits per heavy atom. The molecule has 0 atom stereocenters. The first-order chi connectivity index (χ1) is 9.41. The molecule has 0 aliphatic heterocycles. The van der Waals surface area contributed by atoms with Crippen molar-refractivity contribution in [1.29, 1.82) is 0 Å². The first kappa shape index (κ1) is 19.5. The van der Waals surface area contributed by atoms with Gasteiger partial charge in [-0.15, -0.1) is 0 Å². The van der Waals surface area contributed by atoms with E-state index in [1.165, 1.54) is 95.2 Å². The molecule has 0 heterocycles. The molecule has 0 aliphatic rings. The maximum Gasteiger partial charge on any atom is -1.00 e. The van der Waals surface area contributed by atoms with Crippen LogP contribution in [0, 0.1) is 0 Å². The zero-order valence-electron chi connectivity index (χ0n) is 14.9. The van der Waals surface area contributed by atoms with Crippen molar-refractivity contribution in [2.45, 2.75) is 114 Å². The molecule has 0 N–H and O–H groups in total. The van der Waals surface area contributed by atoms with Crippen LogP contribution in [0.4, 0.5) is 0 Å². The van der Waals surface area contributed by atoms with E-state index in [1.54, 1.807) is 5.28 Å². The van der Waals surface area contributed by atoms with Gasteiger partial charge in [0, 0.05) is 0 Å². The summed E-state index contributed by atoms with van der Waals surface area (Å²) in [5, 5.41) is 3.01. The Hall–Kier alpha value is 0.532. The Kier molecular flexibility index (Phi) is 19.1. The predicted octanol–water partition coefficient (Wildman–Crippen LogP) is 7.14. The molecule has 0 saturated carbocycles. The van der Waals surface area contributed by atoms with Gasteiger partial charge in [0.25, 0.3) is 0 Å². The second-order valence-corrected chi connectivity index (χ2v) is 8.05. The molecule has 0 aromatic heterocycles. The zero-order valence-corrected chi connectivity index (χ0v) is 15.0. The zero-order chi connectivity index (χ0) is 14.0. The number of hydrogen-bond donors (Lipinski definition) is 0. The van der Waals surface area contributed by atoms with Crippen LogP contribution in [0.5, 0.6) is 0 Å². The third-order valence-corrected chi connectivity index (χ3v) is 5.44. The van der Waals surface area contributed by atoms with E-state index in [2.05, 4.69) is 13.8 Å². The van der Waals surface area contributed by atoms with Gasteiger partial charge in [0.1, 0.15) is 0 Å². The number of unbranched alkanes of at least 4 members (excludes halogenated alkanes) is 13. The molecule has 0 rings (SSSR count). The van der Waals surface area contributed by atoms with E-state index >= 15 is 0 Å². The molecule has 0 spiro atoms. The summed E-state index contributed by atoms with van der Waals surface area (Å²) in [4.78, 5) is 0. The fourth-order valence-electron chi connectivity index (χ4n) is 2.69. The van der Waals surface area contributed by atoms with E-state index in [-0.39, 0.29) is 1.43 Å². The molecule has 1 heteroatoms. The number of rotatable bonds is 16. The topological polar surface area (TPSA) is 0 Å². The molecule has 0 aromatic rings. The fourth-order valence-corrected chi connectivity index (χ4v) is 3.67. The molecule has 0 bridgehead atoms. The van der Waals surface area contributed by atoms with Crippen LogP contribution in [0.1, 0.15) is 105 Å². The largest absolute Gasteiger partial charge is 1.00 e. The van der Waals surface area contributed by atoms with Gasteiger partial charge in [0.15, 0.2) is 0 Å². The third-order valence-electron chi connectivity index (χ3n) is 4.05. The summed E-state index contributed by atoms with van der Waals surface area (Å²) in [6.07, 6.45) is 20.7. The van der Waals surface area contributed by atoms with Crippen LogP contribution in [0.25, 0.3) is 0 Å². The van der Waals surface area contributed by atoms with Gasteiger partial charge in [-0.2, -0.15) is 0 Å². The van der Waals surface area contributed by atoms with E-state index in [0.717, 1.165) is 15.2 Å². The van der Waals surface area contributed by atoms with E-state index in [0.29, 0.717) is 0 Å². The first-order valence-corrected chi connectivity index (χ1v) is 10.9. The van der Waals surface area contributed by atoms with Crippen molar-refractivity contribution in [1.82, 2.24) is 0 Å². The Bertz CT molecular complexity index is 134.